The third-order valence-corrected chi connectivity index (χ3v) is 3.20. The number of ether oxygens (including phenoxy) is 2. The highest BCUT2D eigenvalue weighted by molar-refractivity contribution is 9.10. The summed E-state index contributed by atoms with van der Waals surface area (Å²) in [6.07, 6.45) is 1.48. The molecule has 0 N–H and O–H groups in total. The highest BCUT2D eigenvalue weighted by Crippen LogP contribution is 2.23. The Morgan fingerprint density at radius 2 is 2.16 bits per heavy atom. The van der Waals surface area contributed by atoms with Crippen molar-refractivity contribution in [2.75, 3.05) is 6.61 Å². The molecule has 0 aliphatic carbocycles. The molecule has 19 heavy (non-hydrogen) atoms. The molecule has 0 saturated heterocycles. The van der Waals surface area contributed by atoms with E-state index in [1.165, 1.54) is 0 Å². The van der Waals surface area contributed by atoms with E-state index < -0.39 is 6.10 Å². The maximum atomic E-state index is 11.7. The van der Waals surface area contributed by atoms with E-state index in [1.54, 1.807) is 25.1 Å². The van der Waals surface area contributed by atoms with Crippen LogP contribution in [-0.2, 0) is 9.53 Å². The van der Waals surface area contributed by atoms with Crippen LogP contribution in [0.1, 0.15) is 37.0 Å². The zero-order valence-corrected chi connectivity index (χ0v) is 12.6. The van der Waals surface area contributed by atoms with E-state index in [0.717, 1.165) is 12.7 Å². The molecule has 0 aromatic heterocycles. The van der Waals surface area contributed by atoms with Crippen LogP contribution in [0.5, 0.6) is 5.75 Å². The molecule has 0 aliphatic heterocycles. The molecular weight excluding hydrogens is 312 g/mol. The number of halogens is 1. The molecule has 1 aromatic rings. The van der Waals surface area contributed by atoms with Crippen molar-refractivity contribution in [2.24, 2.45) is 0 Å². The average Bonchev–Trinajstić information content (AvgIpc) is 2.40. The summed E-state index contributed by atoms with van der Waals surface area (Å²) in [7, 11) is 0. The van der Waals surface area contributed by atoms with Crippen LogP contribution in [0, 0.1) is 0 Å². The maximum Gasteiger partial charge on any atom is 0.347 e. The van der Waals surface area contributed by atoms with E-state index in [4.69, 9.17) is 9.47 Å². The first-order valence-electron chi connectivity index (χ1n) is 6.20. The van der Waals surface area contributed by atoms with E-state index in [1.807, 2.05) is 6.92 Å². The maximum absolute atomic E-state index is 11.7. The Bertz CT molecular complexity index is 445. The van der Waals surface area contributed by atoms with Crippen molar-refractivity contribution >= 4 is 28.2 Å². The van der Waals surface area contributed by atoms with Gasteiger partial charge in [0.05, 0.1) is 6.61 Å². The summed E-state index contributed by atoms with van der Waals surface area (Å²) in [5, 5.41) is 0. The number of aldehydes is 1. The molecule has 0 saturated carbocycles. The molecule has 1 atom stereocenters. The van der Waals surface area contributed by atoms with Crippen molar-refractivity contribution < 1.29 is 19.1 Å². The first-order chi connectivity index (χ1) is 9.12. The molecule has 0 heterocycles. The number of rotatable bonds is 7. The van der Waals surface area contributed by atoms with Gasteiger partial charge in [-0.1, -0.05) is 29.3 Å². The standard InChI is InChI=1S/C14H17BrO4/c1-3-5-13(14(17)18-4-2)19-11-6-7-12(15)10(8-11)9-16/h6-9,13H,3-5H2,1-2H3. The van der Waals surface area contributed by atoms with Crippen LogP contribution in [0.3, 0.4) is 0 Å². The predicted octanol–water partition coefficient (Wildman–Crippen LogP) is 3.37. The number of esters is 1. The number of carbonyl (C=O) groups excluding carboxylic acids is 2. The molecule has 0 amide bonds. The summed E-state index contributed by atoms with van der Waals surface area (Å²) >= 11 is 3.26. The van der Waals surface area contributed by atoms with Crippen LogP contribution in [-0.4, -0.2) is 25.0 Å². The molecule has 0 radical (unpaired) electrons. The number of benzene rings is 1. The lowest BCUT2D eigenvalue weighted by molar-refractivity contribution is -0.151. The summed E-state index contributed by atoms with van der Waals surface area (Å²) in [6, 6.07) is 5.02. The minimum Gasteiger partial charge on any atom is -0.479 e. The minimum absolute atomic E-state index is 0.322. The summed E-state index contributed by atoms with van der Waals surface area (Å²) in [4.78, 5) is 22.6. The first-order valence-corrected chi connectivity index (χ1v) is 6.99. The van der Waals surface area contributed by atoms with Crippen molar-refractivity contribution in [1.82, 2.24) is 0 Å². The molecule has 0 fully saturated rings. The number of hydrogen-bond acceptors (Lipinski definition) is 4. The highest BCUT2D eigenvalue weighted by atomic mass is 79.9. The lowest BCUT2D eigenvalue weighted by Crippen LogP contribution is -2.29. The smallest absolute Gasteiger partial charge is 0.347 e. The van der Waals surface area contributed by atoms with Gasteiger partial charge in [0.25, 0.3) is 0 Å². The van der Waals surface area contributed by atoms with Crippen molar-refractivity contribution in [3.63, 3.8) is 0 Å². The normalized spacial score (nSPS) is 11.7. The predicted molar refractivity (Wildman–Crippen MR) is 75.5 cm³/mol. The van der Waals surface area contributed by atoms with Gasteiger partial charge in [-0.05, 0) is 31.5 Å². The summed E-state index contributed by atoms with van der Waals surface area (Å²) < 4.78 is 11.3. The van der Waals surface area contributed by atoms with E-state index in [-0.39, 0.29) is 5.97 Å². The lowest BCUT2D eigenvalue weighted by Gasteiger charge is -2.17. The molecule has 1 aromatic carbocycles. The Hall–Kier alpha value is -1.36. The highest BCUT2D eigenvalue weighted by Gasteiger charge is 2.21. The van der Waals surface area contributed by atoms with E-state index >= 15 is 0 Å². The van der Waals surface area contributed by atoms with Gasteiger partial charge in [-0.2, -0.15) is 0 Å². The third-order valence-electron chi connectivity index (χ3n) is 2.47. The van der Waals surface area contributed by atoms with Gasteiger partial charge in [0.1, 0.15) is 5.75 Å². The fraction of sp³-hybridized carbons (Fsp3) is 0.429. The van der Waals surface area contributed by atoms with Crippen LogP contribution in [0.25, 0.3) is 0 Å². The number of carbonyl (C=O) groups is 2. The zero-order chi connectivity index (χ0) is 14.3. The van der Waals surface area contributed by atoms with E-state index in [9.17, 15) is 9.59 Å². The van der Waals surface area contributed by atoms with Gasteiger partial charge in [0, 0.05) is 10.0 Å². The second-order valence-corrected chi connectivity index (χ2v) is 4.80. The Morgan fingerprint density at radius 3 is 2.74 bits per heavy atom. The Labute approximate surface area is 121 Å². The molecule has 1 unspecified atom stereocenters. The van der Waals surface area contributed by atoms with Gasteiger partial charge >= 0.3 is 5.97 Å². The molecular formula is C14H17BrO4. The van der Waals surface area contributed by atoms with Crippen LogP contribution < -0.4 is 4.74 Å². The van der Waals surface area contributed by atoms with Gasteiger partial charge < -0.3 is 9.47 Å². The summed E-state index contributed by atoms with van der Waals surface area (Å²) in [5.74, 6) is 0.108. The van der Waals surface area contributed by atoms with Crippen molar-refractivity contribution in [3.05, 3.63) is 28.2 Å². The van der Waals surface area contributed by atoms with Gasteiger partial charge in [-0.15, -0.1) is 0 Å². The molecule has 5 heteroatoms. The zero-order valence-electron chi connectivity index (χ0n) is 11.0. The largest absolute Gasteiger partial charge is 0.479 e. The fourth-order valence-electron chi connectivity index (χ4n) is 1.57. The van der Waals surface area contributed by atoms with Crippen molar-refractivity contribution in [3.8, 4) is 5.75 Å². The van der Waals surface area contributed by atoms with Gasteiger partial charge in [-0.25, -0.2) is 4.79 Å². The minimum atomic E-state index is -0.634. The Kier molecular flexibility index (Phi) is 6.56. The first kappa shape index (κ1) is 15.7. The molecule has 0 aliphatic rings. The third kappa shape index (κ3) is 4.67. The van der Waals surface area contributed by atoms with Gasteiger partial charge in [0.2, 0.25) is 0 Å². The Morgan fingerprint density at radius 1 is 1.42 bits per heavy atom. The fourth-order valence-corrected chi connectivity index (χ4v) is 1.91. The van der Waals surface area contributed by atoms with Crippen LogP contribution in [0.4, 0.5) is 0 Å². The van der Waals surface area contributed by atoms with Crippen molar-refractivity contribution in [2.45, 2.75) is 32.8 Å². The summed E-state index contributed by atoms with van der Waals surface area (Å²) in [6.45, 7) is 4.04. The van der Waals surface area contributed by atoms with E-state index in [2.05, 4.69) is 15.9 Å². The van der Waals surface area contributed by atoms with Crippen LogP contribution in [0.15, 0.2) is 22.7 Å². The summed E-state index contributed by atoms with van der Waals surface area (Å²) in [5.41, 5.74) is 0.483. The molecule has 4 nitrogen and oxygen atoms in total. The monoisotopic (exact) mass is 328 g/mol. The lowest BCUT2D eigenvalue weighted by atomic mass is 10.2. The molecule has 0 bridgehead atoms. The van der Waals surface area contributed by atoms with Crippen molar-refractivity contribution in [1.29, 1.82) is 0 Å². The van der Waals surface area contributed by atoms with Crippen LogP contribution in [0.2, 0.25) is 0 Å². The second-order valence-electron chi connectivity index (χ2n) is 3.95. The Balaban J connectivity index is 2.83. The topological polar surface area (TPSA) is 52.6 Å². The van der Waals surface area contributed by atoms with Gasteiger partial charge in [0.15, 0.2) is 12.4 Å². The van der Waals surface area contributed by atoms with Crippen LogP contribution >= 0.6 is 15.9 Å². The van der Waals surface area contributed by atoms with Gasteiger partial charge in [-0.3, -0.25) is 4.79 Å². The average molecular weight is 329 g/mol. The second kappa shape index (κ2) is 7.94. The number of hydrogen-bond donors (Lipinski definition) is 0. The molecule has 0 spiro atoms. The SMILES string of the molecule is CCCC(Oc1ccc(Br)c(C=O)c1)C(=O)OCC. The molecule has 104 valence electrons. The van der Waals surface area contributed by atoms with E-state index in [0.29, 0.717) is 28.8 Å². The molecule has 1 rings (SSSR count). The quantitative estimate of drug-likeness (QED) is 0.568.